The van der Waals surface area contributed by atoms with Gasteiger partial charge in [0, 0.05) is 31.3 Å². The normalized spacial score (nSPS) is 20.7. The largest absolute Gasteiger partial charge is 0.476 e. The van der Waals surface area contributed by atoms with Gasteiger partial charge in [-0.1, -0.05) is 0 Å². The maximum atomic E-state index is 12.6. The first-order chi connectivity index (χ1) is 10.8. The molecule has 1 aliphatic carbocycles. The molecule has 2 amide bonds. The SMILES string of the molecule is CCOc1ncccc1NC(=O)N(CC1CCOC1)C1CC1. The molecule has 0 spiro atoms. The van der Waals surface area contributed by atoms with Gasteiger partial charge >= 0.3 is 6.03 Å². The van der Waals surface area contributed by atoms with Crippen LogP contribution in [-0.4, -0.2) is 48.3 Å². The third-order valence-corrected chi connectivity index (χ3v) is 4.02. The Morgan fingerprint density at radius 3 is 3.05 bits per heavy atom. The Balaban J connectivity index is 1.65. The van der Waals surface area contributed by atoms with E-state index in [0.29, 0.717) is 30.1 Å². The average molecular weight is 305 g/mol. The van der Waals surface area contributed by atoms with Crippen molar-refractivity contribution in [3.05, 3.63) is 18.3 Å². The van der Waals surface area contributed by atoms with Crippen LogP contribution in [0.3, 0.4) is 0 Å². The maximum Gasteiger partial charge on any atom is 0.322 e. The van der Waals surface area contributed by atoms with Gasteiger partial charge in [0.25, 0.3) is 0 Å². The minimum Gasteiger partial charge on any atom is -0.476 e. The summed E-state index contributed by atoms with van der Waals surface area (Å²) < 4.78 is 10.9. The number of urea groups is 1. The number of carbonyl (C=O) groups excluding carboxylic acids is 1. The summed E-state index contributed by atoms with van der Waals surface area (Å²) in [6, 6.07) is 3.92. The van der Waals surface area contributed by atoms with Crippen molar-refractivity contribution in [3.63, 3.8) is 0 Å². The van der Waals surface area contributed by atoms with Gasteiger partial charge in [0.15, 0.2) is 0 Å². The second-order valence-electron chi connectivity index (χ2n) is 5.83. The van der Waals surface area contributed by atoms with Gasteiger partial charge in [-0.2, -0.15) is 0 Å². The topological polar surface area (TPSA) is 63.7 Å². The van der Waals surface area contributed by atoms with Gasteiger partial charge in [0.1, 0.15) is 5.69 Å². The van der Waals surface area contributed by atoms with Crippen LogP contribution in [0.25, 0.3) is 0 Å². The fraction of sp³-hybridized carbons (Fsp3) is 0.625. The number of nitrogens with zero attached hydrogens (tertiary/aromatic N) is 2. The lowest BCUT2D eigenvalue weighted by molar-refractivity contribution is 0.167. The number of hydrogen-bond acceptors (Lipinski definition) is 4. The fourth-order valence-corrected chi connectivity index (χ4v) is 2.71. The number of rotatable bonds is 6. The van der Waals surface area contributed by atoms with E-state index in [1.54, 1.807) is 12.3 Å². The molecule has 1 aliphatic heterocycles. The molecule has 1 unspecified atom stereocenters. The van der Waals surface area contributed by atoms with Crippen molar-refractivity contribution in [1.29, 1.82) is 0 Å². The highest BCUT2D eigenvalue weighted by Crippen LogP contribution is 2.30. The Bertz CT molecular complexity index is 513. The van der Waals surface area contributed by atoms with Crippen LogP contribution in [0.2, 0.25) is 0 Å². The number of hydrogen-bond donors (Lipinski definition) is 1. The Kier molecular flexibility index (Phi) is 4.77. The van der Waals surface area contributed by atoms with E-state index in [0.717, 1.165) is 39.0 Å². The van der Waals surface area contributed by atoms with E-state index in [1.807, 2.05) is 17.9 Å². The maximum absolute atomic E-state index is 12.6. The summed E-state index contributed by atoms with van der Waals surface area (Å²) in [4.78, 5) is 18.7. The van der Waals surface area contributed by atoms with E-state index in [4.69, 9.17) is 9.47 Å². The van der Waals surface area contributed by atoms with Crippen LogP contribution in [0.15, 0.2) is 18.3 Å². The van der Waals surface area contributed by atoms with Gasteiger partial charge in [0.05, 0.1) is 13.2 Å². The van der Waals surface area contributed by atoms with Gasteiger partial charge in [-0.3, -0.25) is 0 Å². The molecule has 0 aromatic carbocycles. The zero-order valence-corrected chi connectivity index (χ0v) is 13.0. The third-order valence-electron chi connectivity index (χ3n) is 4.02. The Labute approximate surface area is 130 Å². The van der Waals surface area contributed by atoms with E-state index < -0.39 is 0 Å². The molecule has 1 aromatic heterocycles. The zero-order chi connectivity index (χ0) is 15.4. The van der Waals surface area contributed by atoms with E-state index in [1.165, 1.54) is 0 Å². The molecule has 1 saturated carbocycles. The van der Waals surface area contributed by atoms with Crippen molar-refractivity contribution < 1.29 is 14.3 Å². The molecule has 1 aromatic rings. The van der Waals surface area contributed by atoms with Crippen molar-refractivity contribution in [2.45, 2.75) is 32.2 Å². The first-order valence-corrected chi connectivity index (χ1v) is 8.01. The zero-order valence-electron chi connectivity index (χ0n) is 13.0. The summed E-state index contributed by atoms with van der Waals surface area (Å²) in [5, 5.41) is 2.95. The monoisotopic (exact) mass is 305 g/mol. The molecule has 120 valence electrons. The van der Waals surface area contributed by atoms with Crippen LogP contribution in [0.5, 0.6) is 5.88 Å². The second-order valence-corrected chi connectivity index (χ2v) is 5.83. The van der Waals surface area contributed by atoms with E-state index in [-0.39, 0.29) is 6.03 Å². The Hall–Kier alpha value is -1.82. The van der Waals surface area contributed by atoms with Crippen LogP contribution < -0.4 is 10.1 Å². The van der Waals surface area contributed by atoms with Crippen molar-refractivity contribution in [2.24, 2.45) is 5.92 Å². The van der Waals surface area contributed by atoms with Gasteiger partial charge in [-0.05, 0) is 38.3 Å². The summed E-state index contributed by atoms with van der Waals surface area (Å²) in [5.74, 6) is 0.921. The highest BCUT2D eigenvalue weighted by molar-refractivity contribution is 5.91. The first kappa shape index (κ1) is 15.1. The number of anilines is 1. The molecule has 22 heavy (non-hydrogen) atoms. The van der Waals surface area contributed by atoms with Gasteiger partial charge in [0.2, 0.25) is 5.88 Å². The van der Waals surface area contributed by atoms with Crippen LogP contribution in [0.1, 0.15) is 26.2 Å². The minimum absolute atomic E-state index is 0.0663. The molecule has 0 radical (unpaired) electrons. The van der Waals surface area contributed by atoms with Gasteiger partial charge in [-0.25, -0.2) is 9.78 Å². The molecule has 1 saturated heterocycles. The van der Waals surface area contributed by atoms with Crippen LogP contribution in [0.4, 0.5) is 10.5 Å². The summed E-state index contributed by atoms with van der Waals surface area (Å²) in [5.41, 5.74) is 0.627. The van der Waals surface area contributed by atoms with E-state index in [9.17, 15) is 4.79 Å². The third kappa shape index (κ3) is 3.68. The predicted molar refractivity (Wildman–Crippen MR) is 83.1 cm³/mol. The van der Waals surface area contributed by atoms with Gasteiger partial charge < -0.3 is 19.7 Å². The number of aromatic nitrogens is 1. The standard InChI is InChI=1S/C16H23N3O3/c1-2-22-15-14(4-3-8-17-15)18-16(20)19(13-5-6-13)10-12-7-9-21-11-12/h3-4,8,12-13H,2,5-7,9-11H2,1H3,(H,18,20). The lowest BCUT2D eigenvalue weighted by Crippen LogP contribution is -2.40. The fourth-order valence-electron chi connectivity index (χ4n) is 2.71. The van der Waals surface area contributed by atoms with Crippen molar-refractivity contribution in [3.8, 4) is 5.88 Å². The molecule has 2 fully saturated rings. The highest BCUT2D eigenvalue weighted by Gasteiger charge is 2.35. The minimum atomic E-state index is -0.0663. The van der Waals surface area contributed by atoms with Gasteiger partial charge in [-0.15, -0.1) is 0 Å². The van der Waals surface area contributed by atoms with Crippen LogP contribution >= 0.6 is 0 Å². The molecule has 0 bridgehead atoms. The quantitative estimate of drug-likeness (QED) is 0.877. The van der Waals surface area contributed by atoms with Crippen LogP contribution in [0, 0.1) is 5.92 Å². The van der Waals surface area contributed by atoms with Crippen molar-refractivity contribution in [2.75, 3.05) is 31.7 Å². The van der Waals surface area contributed by atoms with E-state index >= 15 is 0 Å². The average Bonchev–Trinajstić information content (AvgIpc) is 3.23. The number of nitrogens with one attached hydrogen (secondary N) is 1. The number of amides is 2. The van der Waals surface area contributed by atoms with Crippen LogP contribution in [-0.2, 0) is 4.74 Å². The molecule has 1 atom stereocenters. The Morgan fingerprint density at radius 2 is 2.36 bits per heavy atom. The number of carbonyl (C=O) groups is 1. The Morgan fingerprint density at radius 1 is 1.50 bits per heavy atom. The van der Waals surface area contributed by atoms with Crippen molar-refractivity contribution in [1.82, 2.24) is 9.88 Å². The second kappa shape index (κ2) is 6.96. The smallest absolute Gasteiger partial charge is 0.322 e. The number of ether oxygens (including phenoxy) is 2. The van der Waals surface area contributed by atoms with Crippen molar-refractivity contribution >= 4 is 11.7 Å². The predicted octanol–water partition coefficient (Wildman–Crippen LogP) is 2.51. The molecule has 6 nitrogen and oxygen atoms in total. The molecular weight excluding hydrogens is 282 g/mol. The molecule has 6 heteroatoms. The summed E-state index contributed by atoms with van der Waals surface area (Å²) in [6.45, 7) is 4.75. The molecular formula is C16H23N3O3. The number of pyridine rings is 1. The summed E-state index contributed by atoms with van der Waals surface area (Å²) in [7, 11) is 0. The molecule has 3 rings (SSSR count). The summed E-state index contributed by atoms with van der Waals surface area (Å²) >= 11 is 0. The molecule has 2 aliphatic rings. The highest BCUT2D eigenvalue weighted by atomic mass is 16.5. The summed E-state index contributed by atoms with van der Waals surface area (Å²) in [6.07, 6.45) is 4.88. The van der Waals surface area contributed by atoms with E-state index in [2.05, 4.69) is 10.3 Å². The first-order valence-electron chi connectivity index (χ1n) is 8.01. The molecule has 2 heterocycles. The lowest BCUT2D eigenvalue weighted by atomic mass is 10.1. The molecule has 1 N–H and O–H groups in total. The lowest BCUT2D eigenvalue weighted by Gasteiger charge is -2.25.